The third kappa shape index (κ3) is 2.96. The topological polar surface area (TPSA) is 84.9 Å². The van der Waals surface area contributed by atoms with E-state index in [-0.39, 0.29) is 12.0 Å². The first-order valence-corrected chi connectivity index (χ1v) is 11.0. The summed E-state index contributed by atoms with van der Waals surface area (Å²) in [5, 5.41) is 14.6. The van der Waals surface area contributed by atoms with Gasteiger partial charge in [-0.15, -0.1) is 0 Å². The molecule has 4 aliphatic rings. The monoisotopic (exact) mass is 376 g/mol. The highest BCUT2D eigenvalue weighted by Crippen LogP contribution is 2.66. The summed E-state index contributed by atoms with van der Waals surface area (Å²) in [4.78, 5) is 18.0. The standard InChI is InChI=1S/C22H36N2O3/c1-21-7-5-16(24-27-10-9-23)12-15(21)11-14(13-25)20-17-3-4-19(26)22(17,2)8-6-18(20)21/h14-15,17-18,20,25H,3-13,23H2,1-2H3/b24-16-/t14-,15?,17+,18+,20+,21+,22+/m1/s1. The van der Waals surface area contributed by atoms with Crippen LogP contribution < -0.4 is 5.73 Å². The van der Waals surface area contributed by atoms with Gasteiger partial charge in [-0.1, -0.05) is 19.0 Å². The number of carbonyl (C=O) groups is 1. The minimum Gasteiger partial charge on any atom is -0.396 e. The van der Waals surface area contributed by atoms with E-state index < -0.39 is 0 Å². The number of hydrogen-bond donors (Lipinski definition) is 2. The van der Waals surface area contributed by atoms with Crippen molar-refractivity contribution >= 4 is 11.5 Å². The predicted octanol–water partition coefficient (Wildman–Crippen LogP) is 3.15. The van der Waals surface area contributed by atoms with Gasteiger partial charge in [0.05, 0.1) is 5.71 Å². The maximum Gasteiger partial charge on any atom is 0.139 e. The second-order valence-electron chi connectivity index (χ2n) is 10.1. The first kappa shape index (κ1) is 19.4. The number of Topliss-reactive ketones (excluding diaryl/α,β-unsaturated/α-hetero) is 1. The highest BCUT2D eigenvalue weighted by molar-refractivity contribution is 5.87. The molecule has 0 aliphatic heterocycles. The Kier molecular flexibility index (Phi) is 5.13. The lowest BCUT2D eigenvalue weighted by atomic mass is 9.43. The van der Waals surface area contributed by atoms with E-state index in [9.17, 15) is 9.90 Å². The number of nitrogens with two attached hydrogens (primary N) is 1. The van der Waals surface area contributed by atoms with Gasteiger partial charge >= 0.3 is 0 Å². The van der Waals surface area contributed by atoms with Crippen molar-refractivity contribution in [1.82, 2.24) is 0 Å². The minimum absolute atomic E-state index is 0.130. The third-order valence-electron chi connectivity index (χ3n) is 9.02. The van der Waals surface area contributed by atoms with E-state index in [4.69, 9.17) is 10.6 Å². The number of aliphatic hydroxyl groups excluding tert-OH is 1. The Bertz CT molecular complexity index is 621. The van der Waals surface area contributed by atoms with Crippen LogP contribution in [-0.2, 0) is 9.63 Å². The van der Waals surface area contributed by atoms with Gasteiger partial charge in [0.15, 0.2) is 0 Å². The molecule has 0 bridgehead atoms. The van der Waals surface area contributed by atoms with Crippen molar-refractivity contribution in [3.05, 3.63) is 0 Å². The molecule has 0 aromatic heterocycles. The van der Waals surface area contributed by atoms with Gasteiger partial charge in [-0.2, -0.15) is 0 Å². The summed E-state index contributed by atoms with van der Waals surface area (Å²) < 4.78 is 0. The SMILES string of the molecule is C[C@]12CC/C(=N/OCCN)CC1C[C@H](CO)[C@@H]1[C@@H]2CC[C@]2(C)C(=O)CC[C@@H]12. The molecule has 0 aromatic carbocycles. The fraction of sp³-hybridized carbons (Fsp3) is 0.909. The van der Waals surface area contributed by atoms with Crippen molar-refractivity contribution in [3.8, 4) is 0 Å². The maximum absolute atomic E-state index is 12.6. The van der Waals surface area contributed by atoms with Crippen LogP contribution in [0.2, 0.25) is 0 Å². The zero-order valence-corrected chi connectivity index (χ0v) is 17.0. The highest BCUT2D eigenvalue weighted by Gasteiger charge is 2.62. The second-order valence-corrected chi connectivity index (χ2v) is 10.1. The average Bonchev–Trinajstić information content (AvgIpc) is 2.96. The third-order valence-corrected chi connectivity index (χ3v) is 9.02. The van der Waals surface area contributed by atoms with Gasteiger partial charge in [0.1, 0.15) is 12.4 Å². The lowest BCUT2D eigenvalue weighted by Gasteiger charge is -2.61. The molecule has 4 rings (SSSR count). The Hall–Kier alpha value is -0.940. The molecule has 152 valence electrons. The first-order valence-electron chi connectivity index (χ1n) is 11.0. The van der Waals surface area contributed by atoms with Crippen LogP contribution in [0.1, 0.15) is 65.2 Å². The highest BCUT2D eigenvalue weighted by atomic mass is 16.6. The number of oxime groups is 1. The van der Waals surface area contributed by atoms with Crippen LogP contribution in [0.15, 0.2) is 5.16 Å². The summed E-state index contributed by atoms with van der Waals surface area (Å²) in [6.07, 6.45) is 8.17. The van der Waals surface area contributed by atoms with Crippen LogP contribution in [0, 0.1) is 40.4 Å². The molecule has 5 heteroatoms. The number of nitrogens with zero attached hydrogens (tertiary/aromatic N) is 1. The molecular formula is C22H36N2O3. The van der Waals surface area contributed by atoms with Gasteiger partial charge in [0.25, 0.3) is 0 Å². The number of ketones is 1. The molecular weight excluding hydrogens is 340 g/mol. The molecule has 0 saturated heterocycles. The second kappa shape index (κ2) is 7.14. The molecule has 0 spiro atoms. The molecule has 1 unspecified atom stereocenters. The van der Waals surface area contributed by atoms with E-state index in [1.807, 2.05) is 0 Å². The number of fused-ring (bicyclic) bond motifs is 5. The Morgan fingerprint density at radius 3 is 2.78 bits per heavy atom. The fourth-order valence-electron chi connectivity index (χ4n) is 7.46. The predicted molar refractivity (Wildman–Crippen MR) is 105 cm³/mol. The van der Waals surface area contributed by atoms with Gasteiger partial charge in [-0.25, -0.2) is 0 Å². The number of aliphatic hydroxyl groups is 1. The van der Waals surface area contributed by atoms with Crippen LogP contribution in [0.5, 0.6) is 0 Å². The summed E-state index contributed by atoms with van der Waals surface area (Å²) >= 11 is 0. The van der Waals surface area contributed by atoms with Gasteiger partial charge in [-0.05, 0) is 80.0 Å². The molecule has 0 heterocycles. The Morgan fingerprint density at radius 1 is 1.22 bits per heavy atom. The van der Waals surface area contributed by atoms with E-state index in [0.717, 1.165) is 57.1 Å². The smallest absolute Gasteiger partial charge is 0.139 e. The Labute approximate surface area is 163 Å². The van der Waals surface area contributed by atoms with Crippen molar-refractivity contribution in [1.29, 1.82) is 0 Å². The molecule has 0 amide bonds. The summed E-state index contributed by atoms with van der Waals surface area (Å²) in [6.45, 7) is 5.92. The summed E-state index contributed by atoms with van der Waals surface area (Å²) in [7, 11) is 0. The maximum atomic E-state index is 12.6. The zero-order chi connectivity index (χ0) is 19.2. The van der Waals surface area contributed by atoms with Crippen LogP contribution in [-0.4, -0.2) is 36.4 Å². The van der Waals surface area contributed by atoms with Crippen molar-refractivity contribution in [2.45, 2.75) is 65.2 Å². The molecule has 3 N–H and O–H groups in total. The number of rotatable bonds is 4. The first-order chi connectivity index (χ1) is 12.9. The molecule has 0 aromatic rings. The molecule has 4 aliphatic carbocycles. The normalized spacial score (nSPS) is 48.1. The number of carbonyl (C=O) groups excluding carboxylic acids is 1. The summed E-state index contributed by atoms with van der Waals surface area (Å²) in [6, 6.07) is 0. The zero-order valence-electron chi connectivity index (χ0n) is 17.0. The van der Waals surface area contributed by atoms with Gasteiger partial charge < -0.3 is 15.7 Å². The lowest BCUT2D eigenvalue weighted by molar-refractivity contribution is -0.148. The van der Waals surface area contributed by atoms with Gasteiger partial charge in [0, 0.05) is 25.0 Å². The molecule has 7 atom stereocenters. The van der Waals surface area contributed by atoms with Crippen molar-refractivity contribution in [3.63, 3.8) is 0 Å². The summed E-state index contributed by atoms with van der Waals surface area (Å²) in [5.41, 5.74) is 6.83. The Balaban J connectivity index is 1.59. The fourth-order valence-corrected chi connectivity index (χ4v) is 7.46. The van der Waals surface area contributed by atoms with Gasteiger partial charge in [0.2, 0.25) is 0 Å². The van der Waals surface area contributed by atoms with Crippen molar-refractivity contribution in [2.24, 2.45) is 51.3 Å². The van der Waals surface area contributed by atoms with E-state index >= 15 is 0 Å². The van der Waals surface area contributed by atoms with Crippen LogP contribution in [0.3, 0.4) is 0 Å². The van der Waals surface area contributed by atoms with Crippen LogP contribution >= 0.6 is 0 Å². The van der Waals surface area contributed by atoms with Crippen molar-refractivity contribution in [2.75, 3.05) is 19.8 Å². The van der Waals surface area contributed by atoms with E-state index in [0.29, 0.717) is 53.9 Å². The number of hydrogen-bond acceptors (Lipinski definition) is 5. The average molecular weight is 377 g/mol. The van der Waals surface area contributed by atoms with E-state index in [2.05, 4.69) is 19.0 Å². The molecule has 4 fully saturated rings. The van der Waals surface area contributed by atoms with Crippen LogP contribution in [0.4, 0.5) is 0 Å². The quantitative estimate of drug-likeness (QED) is 0.583. The van der Waals surface area contributed by atoms with Crippen LogP contribution in [0.25, 0.3) is 0 Å². The Morgan fingerprint density at radius 2 is 2.04 bits per heavy atom. The minimum atomic E-state index is -0.130. The molecule has 0 radical (unpaired) electrons. The molecule has 27 heavy (non-hydrogen) atoms. The summed E-state index contributed by atoms with van der Waals surface area (Å²) in [5.74, 6) is 2.98. The largest absolute Gasteiger partial charge is 0.396 e. The van der Waals surface area contributed by atoms with E-state index in [1.54, 1.807) is 0 Å². The molecule has 4 saturated carbocycles. The van der Waals surface area contributed by atoms with E-state index in [1.165, 1.54) is 0 Å². The lowest BCUT2D eigenvalue weighted by Crippen LogP contribution is -2.57. The van der Waals surface area contributed by atoms with Gasteiger partial charge in [-0.3, -0.25) is 4.79 Å². The van der Waals surface area contributed by atoms with Crippen molar-refractivity contribution < 1.29 is 14.7 Å². The molecule has 5 nitrogen and oxygen atoms in total.